The van der Waals surface area contributed by atoms with Crippen LogP contribution in [0.1, 0.15) is 19.3 Å². The van der Waals surface area contributed by atoms with Crippen LogP contribution in [-0.4, -0.2) is 74.1 Å². The normalized spacial score (nSPS) is 35.9. The summed E-state index contributed by atoms with van der Waals surface area (Å²) in [6, 6.07) is 0.403. The van der Waals surface area contributed by atoms with Crippen molar-refractivity contribution in [2.24, 2.45) is 5.92 Å². The second-order valence-corrected chi connectivity index (χ2v) is 6.19. The summed E-state index contributed by atoms with van der Waals surface area (Å²) in [7, 11) is 0. The number of fused-ring (bicyclic) bond motifs is 3. The first-order valence-corrected chi connectivity index (χ1v) is 7.76. The van der Waals surface area contributed by atoms with E-state index in [1.54, 1.807) is 0 Å². The predicted molar refractivity (Wildman–Crippen MR) is 75.0 cm³/mol. The minimum absolute atomic E-state index is 0.223. The van der Waals surface area contributed by atoms with Crippen LogP contribution in [0.5, 0.6) is 0 Å². The number of carbonyl (C=O) groups excluding carboxylic acids is 1. The number of hydrogen-bond donors (Lipinski definition) is 2. The Bertz CT molecular complexity index is 307. The molecule has 0 aromatic carbocycles. The first kappa shape index (κ1) is 13.3. The summed E-state index contributed by atoms with van der Waals surface area (Å²) in [5.74, 6) is 0.945. The number of hydrogen-bond acceptors (Lipinski definition) is 4. The van der Waals surface area contributed by atoms with Crippen molar-refractivity contribution in [3.63, 3.8) is 0 Å². The van der Waals surface area contributed by atoms with Crippen LogP contribution >= 0.6 is 0 Å². The molecule has 0 aliphatic carbocycles. The second-order valence-electron chi connectivity index (χ2n) is 6.19. The minimum atomic E-state index is 0.223. The van der Waals surface area contributed by atoms with E-state index < -0.39 is 0 Å². The lowest BCUT2D eigenvalue weighted by atomic mass is 9.84. The fourth-order valence-electron chi connectivity index (χ4n) is 3.64. The van der Waals surface area contributed by atoms with Crippen LogP contribution in [0.2, 0.25) is 0 Å². The van der Waals surface area contributed by atoms with Gasteiger partial charge < -0.3 is 15.5 Å². The van der Waals surface area contributed by atoms with Gasteiger partial charge in [0.25, 0.3) is 0 Å². The molecule has 5 heteroatoms. The van der Waals surface area contributed by atoms with Gasteiger partial charge in [-0.3, -0.25) is 9.69 Å². The smallest absolute Gasteiger partial charge is 0.234 e. The van der Waals surface area contributed by atoms with Gasteiger partial charge in [-0.25, -0.2) is 0 Å². The van der Waals surface area contributed by atoms with Crippen LogP contribution in [-0.2, 0) is 4.79 Å². The van der Waals surface area contributed by atoms with Gasteiger partial charge in [0, 0.05) is 25.7 Å². The predicted octanol–water partition coefficient (Wildman–Crippen LogP) is -0.508. The average molecular weight is 266 g/mol. The second kappa shape index (κ2) is 6.20. The third-order valence-corrected chi connectivity index (χ3v) is 4.80. The highest BCUT2D eigenvalue weighted by Crippen LogP contribution is 2.27. The Labute approximate surface area is 115 Å². The van der Waals surface area contributed by atoms with Gasteiger partial charge in [0.05, 0.1) is 6.54 Å². The SMILES string of the molecule is O=C(CN1CCCNCC1)NC1CN2CCC1CC2. The number of carbonyl (C=O) groups is 1. The molecule has 2 N–H and O–H groups in total. The van der Waals surface area contributed by atoms with Crippen LogP contribution in [0.4, 0.5) is 0 Å². The quantitative estimate of drug-likeness (QED) is 0.722. The van der Waals surface area contributed by atoms with Crippen LogP contribution in [0, 0.1) is 5.92 Å². The summed E-state index contributed by atoms with van der Waals surface area (Å²) in [6.45, 7) is 8.23. The number of rotatable bonds is 3. The molecule has 0 aromatic heterocycles. The largest absolute Gasteiger partial charge is 0.351 e. The van der Waals surface area contributed by atoms with Crippen LogP contribution < -0.4 is 10.6 Å². The van der Waals surface area contributed by atoms with Gasteiger partial charge in [-0.15, -0.1) is 0 Å². The number of amides is 1. The summed E-state index contributed by atoms with van der Waals surface area (Å²) < 4.78 is 0. The Morgan fingerprint density at radius 2 is 2.00 bits per heavy atom. The van der Waals surface area contributed by atoms with E-state index in [0.29, 0.717) is 12.6 Å². The van der Waals surface area contributed by atoms with Gasteiger partial charge in [0.2, 0.25) is 5.91 Å². The Balaban J connectivity index is 1.45. The number of nitrogens with zero attached hydrogens (tertiary/aromatic N) is 2. The van der Waals surface area contributed by atoms with Crippen molar-refractivity contribution in [3.05, 3.63) is 0 Å². The van der Waals surface area contributed by atoms with Gasteiger partial charge >= 0.3 is 0 Å². The lowest BCUT2D eigenvalue weighted by molar-refractivity contribution is -0.124. The standard InChI is InChI=1S/C14H26N4O/c19-14(11-17-6-1-4-15-5-9-17)16-13-10-18-7-2-12(13)3-8-18/h12-13,15H,1-11H2,(H,16,19). The van der Waals surface area contributed by atoms with Crippen molar-refractivity contribution in [1.29, 1.82) is 0 Å². The third-order valence-electron chi connectivity index (χ3n) is 4.80. The average Bonchev–Trinajstić information content (AvgIpc) is 2.68. The summed E-state index contributed by atoms with van der Waals surface area (Å²) in [5.41, 5.74) is 0. The molecular weight excluding hydrogens is 240 g/mol. The molecule has 4 fully saturated rings. The molecule has 0 radical (unpaired) electrons. The Kier molecular flexibility index (Phi) is 4.35. The van der Waals surface area contributed by atoms with Gasteiger partial charge in [-0.1, -0.05) is 0 Å². The highest BCUT2D eigenvalue weighted by molar-refractivity contribution is 5.78. The summed E-state index contributed by atoms with van der Waals surface area (Å²) in [6.07, 6.45) is 3.67. The lowest BCUT2D eigenvalue weighted by Gasteiger charge is -2.45. The minimum Gasteiger partial charge on any atom is -0.351 e. The highest BCUT2D eigenvalue weighted by atomic mass is 16.2. The Morgan fingerprint density at radius 3 is 2.74 bits per heavy atom. The lowest BCUT2D eigenvalue weighted by Crippen LogP contribution is -2.58. The fraction of sp³-hybridized carbons (Fsp3) is 0.929. The van der Waals surface area contributed by atoms with Crippen molar-refractivity contribution < 1.29 is 4.79 Å². The molecule has 1 atom stereocenters. The van der Waals surface area contributed by atoms with E-state index in [4.69, 9.17) is 0 Å². The van der Waals surface area contributed by atoms with E-state index in [9.17, 15) is 4.79 Å². The van der Waals surface area contributed by atoms with Crippen molar-refractivity contribution in [2.75, 3.05) is 52.4 Å². The molecule has 19 heavy (non-hydrogen) atoms. The fourth-order valence-corrected chi connectivity index (χ4v) is 3.64. The molecule has 4 aliphatic heterocycles. The van der Waals surface area contributed by atoms with E-state index in [1.165, 1.54) is 25.9 Å². The van der Waals surface area contributed by atoms with E-state index in [0.717, 1.165) is 45.1 Å². The molecule has 5 nitrogen and oxygen atoms in total. The van der Waals surface area contributed by atoms with Gasteiger partial charge in [-0.2, -0.15) is 0 Å². The maximum Gasteiger partial charge on any atom is 0.234 e. The molecule has 0 spiro atoms. The number of nitrogens with one attached hydrogen (secondary N) is 2. The first-order chi connectivity index (χ1) is 9.31. The molecule has 4 aliphatic rings. The molecule has 4 saturated heterocycles. The van der Waals surface area contributed by atoms with Crippen LogP contribution in [0.25, 0.3) is 0 Å². The van der Waals surface area contributed by atoms with E-state index in [-0.39, 0.29) is 5.91 Å². The van der Waals surface area contributed by atoms with Crippen molar-refractivity contribution >= 4 is 5.91 Å². The highest BCUT2D eigenvalue weighted by Gasteiger charge is 2.34. The summed E-state index contributed by atoms with van der Waals surface area (Å²) in [5, 5.41) is 6.65. The maximum atomic E-state index is 12.2. The van der Waals surface area contributed by atoms with Crippen LogP contribution in [0.3, 0.4) is 0 Å². The van der Waals surface area contributed by atoms with E-state index in [2.05, 4.69) is 20.4 Å². The van der Waals surface area contributed by atoms with E-state index >= 15 is 0 Å². The van der Waals surface area contributed by atoms with Crippen molar-refractivity contribution in [2.45, 2.75) is 25.3 Å². The summed E-state index contributed by atoms with van der Waals surface area (Å²) >= 11 is 0. The third kappa shape index (κ3) is 3.46. The number of piperidine rings is 3. The van der Waals surface area contributed by atoms with Crippen LogP contribution in [0.15, 0.2) is 0 Å². The molecule has 108 valence electrons. The zero-order chi connectivity index (χ0) is 13.1. The first-order valence-electron chi connectivity index (χ1n) is 7.76. The van der Waals surface area contributed by atoms with Gasteiger partial charge in [0.1, 0.15) is 0 Å². The Morgan fingerprint density at radius 1 is 1.16 bits per heavy atom. The molecular formula is C14H26N4O. The zero-order valence-corrected chi connectivity index (χ0v) is 11.7. The molecule has 2 bridgehead atoms. The van der Waals surface area contributed by atoms with Gasteiger partial charge in [-0.05, 0) is 51.4 Å². The van der Waals surface area contributed by atoms with Crippen molar-refractivity contribution in [1.82, 2.24) is 20.4 Å². The zero-order valence-electron chi connectivity index (χ0n) is 11.7. The topological polar surface area (TPSA) is 47.6 Å². The van der Waals surface area contributed by atoms with E-state index in [1.807, 2.05) is 0 Å². The molecule has 4 heterocycles. The maximum absolute atomic E-state index is 12.2. The molecule has 0 aromatic rings. The molecule has 4 rings (SSSR count). The van der Waals surface area contributed by atoms with Gasteiger partial charge in [0.15, 0.2) is 0 Å². The van der Waals surface area contributed by atoms with Crippen molar-refractivity contribution in [3.8, 4) is 0 Å². The molecule has 1 unspecified atom stereocenters. The molecule has 0 saturated carbocycles. The summed E-state index contributed by atoms with van der Waals surface area (Å²) in [4.78, 5) is 16.9. The molecule has 1 amide bonds. The monoisotopic (exact) mass is 266 g/mol. The Hall–Kier alpha value is -0.650.